The van der Waals surface area contributed by atoms with Gasteiger partial charge in [-0.15, -0.1) is 0 Å². The summed E-state index contributed by atoms with van der Waals surface area (Å²) in [5.74, 6) is 3.27. The maximum atomic E-state index is 7.04. The van der Waals surface area contributed by atoms with Gasteiger partial charge in [-0.25, -0.2) is 4.98 Å². The Morgan fingerprint density at radius 3 is 2.31 bits per heavy atom. The van der Waals surface area contributed by atoms with Crippen LogP contribution in [0.5, 0.6) is 11.5 Å². The summed E-state index contributed by atoms with van der Waals surface area (Å²) in [7, 11) is 0. The molecule has 1 atom stereocenters. The average molecular weight is 695 g/mol. The van der Waals surface area contributed by atoms with Crippen LogP contribution < -0.4 is 4.74 Å². The van der Waals surface area contributed by atoms with Crippen molar-refractivity contribution in [3.63, 3.8) is 0 Å². The molecule has 0 unspecified atom stereocenters. The van der Waals surface area contributed by atoms with E-state index in [9.17, 15) is 0 Å². The average Bonchev–Trinajstić information content (AvgIpc) is 3.69. The molecule has 1 aliphatic carbocycles. The Bertz CT molecular complexity index is 2230. The van der Waals surface area contributed by atoms with Crippen LogP contribution in [0.3, 0.4) is 0 Å². The van der Waals surface area contributed by atoms with Gasteiger partial charge in [0.2, 0.25) is 0 Å². The third kappa shape index (κ3) is 5.74. The number of aliphatic imine (C=N–C) groups is 1. The van der Waals surface area contributed by atoms with Crippen LogP contribution in [-0.4, -0.2) is 38.9 Å². The van der Waals surface area contributed by atoms with E-state index in [2.05, 4.69) is 140 Å². The van der Waals surface area contributed by atoms with Gasteiger partial charge >= 0.3 is 0 Å². The molecule has 1 fully saturated rings. The number of hydrogen-bond donors (Lipinski definition) is 0. The van der Waals surface area contributed by atoms with E-state index < -0.39 is 0 Å². The second-order valence-corrected chi connectivity index (χ2v) is 19.0. The molecule has 3 aliphatic rings. The van der Waals surface area contributed by atoms with Gasteiger partial charge < -0.3 is 9.64 Å². The van der Waals surface area contributed by atoms with E-state index in [0.29, 0.717) is 12.0 Å². The molecule has 0 radical (unpaired) electrons. The fourth-order valence-electron chi connectivity index (χ4n) is 8.96. The molecule has 8 rings (SSSR count). The predicted molar refractivity (Wildman–Crippen MR) is 218 cm³/mol. The lowest BCUT2D eigenvalue weighted by Gasteiger charge is -2.36. The lowest BCUT2D eigenvalue weighted by Crippen LogP contribution is -2.42. The maximum Gasteiger partial charge on any atom is 0.145 e. The lowest BCUT2D eigenvalue weighted by molar-refractivity contribution is 0.218. The van der Waals surface area contributed by atoms with Crippen molar-refractivity contribution in [1.82, 2.24) is 14.5 Å². The van der Waals surface area contributed by atoms with Crippen molar-refractivity contribution in [2.24, 2.45) is 10.4 Å². The molecule has 3 aromatic carbocycles. The van der Waals surface area contributed by atoms with Crippen LogP contribution in [-0.2, 0) is 10.8 Å². The Hall–Kier alpha value is -4.12. The number of rotatable bonds is 5. The number of ether oxygens (including phenoxy) is 1. The number of pyridine rings is 1. The highest BCUT2D eigenvalue weighted by Gasteiger charge is 2.39. The predicted octanol–water partition coefficient (Wildman–Crippen LogP) is 12.1. The highest BCUT2D eigenvalue weighted by molar-refractivity contribution is 6.10. The van der Waals surface area contributed by atoms with Gasteiger partial charge in [-0.3, -0.25) is 9.56 Å². The first-order chi connectivity index (χ1) is 24.5. The molecule has 2 aliphatic heterocycles. The Balaban J connectivity index is 1.27. The standard InChI is InChI=1S/C47H58N4O/c1-28(2)30-21-31(43-49-41(46(7,8)9)27-50(43)33-16-13-12-14-17-33)23-34(22-30)52-40-26-39-37(20-29(40)3)47(10,11)38-25-32(45(4,5)6)24-36-35-18-15-19-48-44(35)51(39)42(36)38/h15,18-26,28,33,41H,12-14,16-17,27H2,1-11H3/t41-/m0/s1. The van der Waals surface area contributed by atoms with E-state index in [4.69, 9.17) is 14.7 Å². The summed E-state index contributed by atoms with van der Waals surface area (Å²) in [5, 5.41) is 2.47. The monoisotopic (exact) mass is 694 g/mol. The number of aromatic nitrogens is 2. The molecule has 52 heavy (non-hydrogen) atoms. The Kier molecular flexibility index (Phi) is 8.21. The van der Waals surface area contributed by atoms with Gasteiger partial charge in [0.25, 0.3) is 0 Å². The van der Waals surface area contributed by atoms with E-state index in [0.717, 1.165) is 40.8 Å². The van der Waals surface area contributed by atoms with Crippen LogP contribution in [0.4, 0.5) is 0 Å². The number of aryl methyl sites for hydroxylation is 1. The second-order valence-electron chi connectivity index (χ2n) is 19.0. The van der Waals surface area contributed by atoms with E-state index in [1.807, 2.05) is 6.20 Å². The van der Waals surface area contributed by atoms with Gasteiger partial charge in [-0.05, 0) is 107 Å². The van der Waals surface area contributed by atoms with E-state index in [-0.39, 0.29) is 22.3 Å². The summed E-state index contributed by atoms with van der Waals surface area (Å²) in [4.78, 5) is 13.1. The molecule has 4 heterocycles. The van der Waals surface area contributed by atoms with Crippen LogP contribution in [0.15, 0.2) is 65.8 Å². The number of fused-ring (bicyclic) bond motifs is 5. The van der Waals surface area contributed by atoms with Gasteiger partial charge in [-0.2, -0.15) is 0 Å². The van der Waals surface area contributed by atoms with Crippen LogP contribution in [0.1, 0.15) is 141 Å². The minimum Gasteiger partial charge on any atom is -0.457 e. The zero-order valence-electron chi connectivity index (χ0n) is 33.4. The van der Waals surface area contributed by atoms with Gasteiger partial charge in [0.15, 0.2) is 0 Å². The molecule has 272 valence electrons. The molecule has 5 nitrogen and oxygen atoms in total. The Labute approximate surface area is 311 Å². The molecule has 0 saturated heterocycles. The summed E-state index contributed by atoms with van der Waals surface area (Å²) < 4.78 is 9.44. The zero-order valence-corrected chi connectivity index (χ0v) is 33.4. The van der Waals surface area contributed by atoms with Gasteiger partial charge in [0.1, 0.15) is 23.0 Å². The molecule has 0 amide bonds. The second kappa shape index (κ2) is 12.2. The molecular weight excluding hydrogens is 637 g/mol. The molecule has 2 aromatic heterocycles. The van der Waals surface area contributed by atoms with Crippen molar-refractivity contribution in [1.29, 1.82) is 0 Å². The third-order valence-electron chi connectivity index (χ3n) is 12.4. The van der Waals surface area contributed by atoms with Crippen molar-refractivity contribution >= 4 is 27.8 Å². The fraction of sp³-hybridized carbons (Fsp3) is 0.489. The van der Waals surface area contributed by atoms with Gasteiger partial charge in [0.05, 0.1) is 17.2 Å². The molecule has 0 spiro atoms. The van der Waals surface area contributed by atoms with Crippen LogP contribution in [0.25, 0.3) is 27.6 Å². The minimum absolute atomic E-state index is 0.0276. The first-order valence-corrected chi connectivity index (χ1v) is 19.8. The van der Waals surface area contributed by atoms with Crippen molar-refractivity contribution in [3.05, 3.63) is 94.2 Å². The SMILES string of the molecule is Cc1cc2c(cc1Oc1cc(C3=N[C@H](C(C)(C)C)CN3C3CCCCC3)cc(C(C)C)c1)-n1c3ncccc3c3cc(C(C)(C)C)cc(c31)C2(C)C. The largest absolute Gasteiger partial charge is 0.457 e. The number of nitrogens with zero attached hydrogens (tertiary/aromatic N) is 4. The third-order valence-corrected chi connectivity index (χ3v) is 12.4. The number of amidine groups is 1. The topological polar surface area (TPSA) is 42.6 Å². The first-order valence-electron chi connectivity index (χ1n) is 19.8. The summed E-state index contributed by atoms with van der Waals surface area (Å²) in [6.07, 6.45) is 8.40. The summed E-state index contributed by atoms with van der Waals surface area (Å²) >= 11 is 0. The van der Waals surface area contributed by atoms with E-state index >= 15 is 0 Å². The molecule has 0 bridgehead atoms. The Morgan fingerprint density at radius 2 is 1.62 bits per heavy atom. The number of hydrogen-bond acceptors (Lipinski definition) is 4. The van der Waals surface area contributed by atoms with Crippen molar-refractivity contribution in [3.8, 4) is 17.2 Å². The van der Waals surface area contributed by atoms with Crippen molar-refractivity contribution in [2.45, 2.75) is 137 Å². The number of benzene rings is 3. The van der Waals surface area contributed by atoms with Crippen molar-refractivity contribution < 1.29 is 4.74 Å². The summed E-state index contributed by atoms with van der Waals surface area (Å²) in [6.45, 7) is 26.4. The van der Waals surface area contributed by atoms with Crippen LogP contribution in [0.2, 0.25) is 0 Å². The van der Waals surface area contributed by atoms with Gasteiger partial charge in [0, 0.05) is 46.6 Å². The highest BCUT2D eigenvalue weighted by atomic mass is 16.5. The zero-order chi connectivity index (χ0) is 36.9. The first kappa shape index (κ1) is 34.9. The van der Waals surface area contributed by atoms with Gasteiger partial charge in [-0.1, -0.05) is 94.6 Å². The fourth-order valence-corrected chi connectivity index (χ4v) is 8.96. The van der Waals surface area contributed by atoms with Crippen LogP contribution in [0, 0.1) is 12.3 Å². The minimum atomic E-state index is -0.208. The summed E-state index contributed by atoms with van der Waals surface area (Å²) in [6, 6.07) is 21.5. The highest BCUT2D eigenvalue weighted by Crippen LogP contribution is 2.50. The molecule has 5 heteroatoms. The maximum absolute atomic E-state index is 7.04. The van der Waals surface area contributed by atoms with E-state index in [1.165, 1.54) is 76.2 Å². The lowest BCUT2D eigenvalue weighted by atomic mass is 9.72. The normalized spacial score (nSPS) is 19.1. The molecular formula is C47H58N4O. The summed E-state index contributed by atoms with van der Waals surface area (Å²) in [5.41, 5.74) is 10.9. The van der Waals surface area contributed by atoms with Crippen LogP contribution >= 0.6 is 0 Å². The van der Waals surface area contributed by atoms with E-state index in [1.54, 1.807) is 0 Å². The smallest absolute Gasteiger partial charge is 0.145 e. The quantitative estimate of drug-likeness (QED) is 0.184. The molecule has 5 aromatic rings. The Morgan fingerprint density at radius 1 is 0.865 bits per heavy atom. The van der Waals surface area contributed by atoms with Crippen molar-refractivity contribution in [2.75, 3.05) is 6.54 Å². The molecule has 1 saturated carbocycles. The molecule has 0 N–H and O–H groups in total.